The summed E-state index contributed by atoms with van der Waals surface area (Å²) in [5, 5.41) is 16.1. The fourth-order valence-electron chi connectivity index (χ4n) is 6.47. The Morgan fingerprint density at radius 3 is 2.33 bits per heavy atom. The van der Waals surface area contributed by atoms with Crippen LogP contribution in [0.15, 0.2) is 118 Å². The van der Waals surface area contributed by atoms with Gasteiger partial charge < -0.3 is 0 Å². The summed E-state index contributed by atoms with van der Waals surface area (Å²) in [6.45, 7) is 0. The van der Waals surface area contributed by atoms with Crippen LogP contribution >= 0.6 is 11.3 Å². The normalized spacial score (nSPS) is 16.2. The molecular formula is C35H23N3O3S. The number of benzene rings is 5. The first-order valence-electron chi connectivity index (χ1n) is 13.8. The zero-order valence-corrected chi connectivity index (χ0v) is 23.2. The van der Waals surface area contributed by atoms with Gasteiger partial charge in [-0.15, -0.1) is 0 Å². The molecule has 2 aliphatic rings. The van der Waals surface area contributed by atoms with Gasteiger partial charge in [-0.1, -0.05) is 96.3 Å². The molecule has 1 aliphatic heterocycles. The first-order chi connectivity index (χ1) is 20.6. The molecule has 1 atom stereocenters. The summed E-state index contributed by atoms with van der Waals surface area (Å²) in [4.78, 5) is 31.4. The fraction of sp³-hybridized carbons (Fsp3) is 0.0857. The fourth-order valence-corrected chi connectivity index (χ4v) is 7.45. The quantitative estimate of drug-likeness (QED) is 0.139. The van der Waals surface area contributed by atoms with Crippen molar-refractivity contribution in [1.29, 1.82) is 0 Å². The van der Waals surface area contributed by atoms with Crippen molar-refractivity contribution in [2.45, 2.75) is 18.9 Å². The summed E-state index contributed by atoms with van der Waals surface area (Å²) in [6.07, 6.45) is 3.54. The number of aromatic nitrogens is 1. The highest BCUT2D eigenvalue weighted by Crippen LogP contribution is 2.41. The molecule has 6 aromatic rings. The Hall–Kier alpha value is -5.14. The van der Waals surface area contributed by atoms with Crippen molar-refractivity contribution in [1.82, 2.24) is 4.57 Å². The Balaban J connectivity index is 1.43. The van der Waals surface area contributed by atoms with E-state index in [2.05, 4.69) is 42.5 Å². The minimum absolute atomic E-state index is 0.00668. The van der Waals surface area contributed by atoms with Gasteiger partial charge in [-0.25, -0.2) is 4.99 Å². The predicted molar refractivity (Wildman–Crippen MR) is 167 cm³/mol. The van der Waals surface area contributed by atoms with Gasteiger partial charge >= 0.3 is 0 Å². The van der Waals surface area contributed by atoms with E-state index < -0.39 is 6.04 Å². The molecule has 0 spiro atoms. The predicted octanol–water partition coefficient (Wildman–Crippen LogP) is 6.53. The Morgan fingerprint density at radius 2 is 1.57 bits per heavy atom. The monoisotopic (exact) mass is 565 g/mol. The van der Waals surface area contributed by atoms with Gasteiger partial charge in [0.1, 0.15) is 0 Å². The number of fused-ring (bicyclic) bond motifs is 5. The first-order valence-corrected chi connectivity index (χ1v) is 14.7. The molecule has 1 unspecified atom stereocenters. The van der Waals surface area contributed by atoms with Crippen LogP contribution in [0.25, 0.3) is 33.3 Å². The number of non-ortho nitro benzene ring substituents is 1. The van der Waals surface area contributed by atoms with E-state index in [1.807, 2.05) is 48.5 Å². The third kappa shape index (κ3) is 3.78. The summed E-state index contributed by atoms with van der Waals surface area (Å²) >= 11 is 1.37. The van der Waals surface area contributed by atoms with Crippen LogP contribution in [-0.4, -0.2) is 9.49 Å². The molecule has 42 heavy (non-hydrogen) atoms. The van der Waals surface area contributed by atoms with Crippen LogP contribution in [0.2, 0.25) is 0 Å². The van der Waals surface area contributed by atoms with Gasteiger partial charge in [0, 0.05) is 17.7 Å². The number of aryl methyl sites for hydroxylation is 1. The third-order valence-corrected chi connectivity index (χ3v) is 9.34. The SMILES string of the molecule is O=c1/c(=C/c2c3ccccc3cc3ccccc23)sc2n1C(c1cccc([N+](=O)[O-])c1)C1=C(N=2)c2ccccc2CC1. The molecule has 0 N–H and O–H groups in total. The molecule has 0 radical (unpaired) electrons. The van der Waals surface area contributed by atoms with Crippen LogP contribution in [0.4, 0.5) is 5.69 Å². The summed E-state index contributed by atoms with van der Waals surface area (Å²) in [5.41, 5.74) is 5.75. The zero-order valence-electron chi connectivity index (χ0n) is 22.4. The van der Waals surface area contributed by atoms with Gasteiger partial charge in [0.2, 0.25) is 0 Å². The van der Waals surface area contributed by atoms with Gasteiger partial charge in [0.25, 0.3) is 11.2 Å². The second-order valence-corrected chi connectivity index (χ2v) is 11.7. The number of thiazole rings is 1. The average Bonchev–Trinajstić information content (AvgIpc) is 3.33. The van der Waals surface area contributed by atoms with Crippen LogP contribution in [0.5, 0.6) is 0 Å². The molecule has 5 aromatic carbocycles. The van der Waals surface area contributed by atoms with Crippen molar-refractivity contribution < 1.29 is 4.92 Å². The lowest BCUT2D eigenvalue weighted by molar-refractivity contribution is -0.384. The maximum Gasteiger partial charge on any atom is 0.271 e. The van der Waals surface area contributed by atoms with Crippen molar-refractivity contribution >= 4 is 50.3 Å². The maximum absolute atomic E-state index is 14.3. The average molecular weight is 566 g/mol. The molecule has 0 bridgehead atoms. The Morgan fingerprint density at radius 1 is 0.857 bits per heavy atom. The molecule has 202 valence electrons. The van der Waals surface area contributed by atoms with Crippen LogP contribution in [0, 0.1) is 10.1 Å². The minimum Gasteiger partial charge on any atom is -0.272 e. The molecule has 0 saturated carbocycles. The Bertz CT molecular complexity index is 2280. The van der Waals surface area contributed by atoms with E-state index in [0.717, 1.165) is 56.8 Å². The van der Waals surface area contributed by atoms with E-state index in [9.17, 15) is 14.9 Å². The number of nitro benzene ring substituents is 1. The second-order valence-electron chi connectivity index (χ2n) is 10.7. The number of allylic oxidation sites excluding steroid dienone is 1. The Labute approximate surface area is 244 Å². The summed E-state index contributed by atoms with van der Waals surface area (Å²) in [5.74, 6) is 0. The standard InChI is InChI=1S/C35H23N3O3S/c39-34-31(20-30-26-13-4-2-9-22(26)18-23-10-3-5-14-27(23)30)42-35-36-32-28-15-6-1-8-21(28)16-17-29(32)33(37(34)35)24-11-7-12-25(19-24)38(40)41/h1-15,18-20,33H,16-17H2/b31-20-. The summed E-state index contributed by atoms with van der Waals surface area (Å²) in [6, 6.07) is 33.1. The second kappa shape index (κ2) is 9.46. The van der Waals surface area contributed by atoms with Gasteiger partial charge in [-0.3, -0.25) is 19.5 Å². The number of nitro groups is 1. The topological polar surface area (TPSA) is 77.5 Å². The van der Waals surface area contributed by atoms with Gasteiger partial charge in [0.15, 0.2) is 4.80 Å². The van der Waals surface area contributed by atoms with Gasteiger partial charge in [0.05, 0.1) is 21.2 Å². The molecule has 1 aromatic heterocycles. The third-order valence-electron chi connectivity index (χ3n) is 8.36. The smallest absolute Gasteiger partial charge is 0.271 e. The molecule has 0 amide bonds. The number of nitrogens with zero attached hydrogens (tertiary/aromatic N) is 3. The molecule has 0 saturated heterocycles. The zero-order chi connectivity index (χ0) is 28.4. The molecule has 7 heteroatoms. The first kappa shape index (κ1) is 24.6. The largest absolute Gasteiger partial charge is 0.272 e. The van der Waals surface area contributed by atoms with Gasteiger partial charge in [-0.2, -0.15) is 0 Å². The highest BCUT2D eigenvalue weighted by molar-refractivity contribution is 7.07. The van der Waals surface area contributed by atoms with Crippen LogP contribution in [0.3, 0.4) is 0 Å². The van der Waals surface area contributed by atoms with Crippen molar-refractivity contribution in [3.05, 3.63) is 161 Å². The van der Waals surface area contributed by atoms with E-state index in [1.54, 1.807) is 16.7 Å². The van der Waals surface area contributed by atoms with Gasteiger partial charge in [-0.05, 0) is 68.8 Å². The summed E-state index contributed by atoms with van der Waals surface area (Å²) in [7, 11) is 0. The highest BCUT2D eigenvalue weighted by Gasteiger charge is 2.33. The molecule has 2 heterocycles. The van der Waals surface area contributed by atoms with E-state index in [1.165, 1.54) is 23.0 Å². The lowest BCUT2D eigenvalue weighted by Crippen LogP contribution is -2.38. The van der Waals surface area contributed by atoms with E-state index >= 15 is 0 Å². The lowest BCUT2D eigenvalue weighted by Gasteiger charge is -2.30. The molecule has 1 aliphatic carbocycles. The molecule has 6 nitrogen and oxygen atoms in total. The highest BCUT2D eigenvalue weighted by atomic mass is 32.1. The minimum atomic E-state index is -0.476. The number of hydrogen-bond acceptors (Lipinski definition) is 5. The molecule has 8 rings (SSSR count). The molecule has 0 fully saturated rings. The summed E-state index contributed by atoms with van der Waals surface area (Å²) < 4.78 is 2.33. The van der Waals surface area contributed by atoms with Crippen molar-refractivity contribution in [3.63, 3.8) is 0 Å². The van der Waals surface area contributed by atoms with Crippen molar-refractivity contribution in [3.8, 4) is 0 Å². The lowest BCUT2D eigenvalue weighted by atomic mass is 9.83. The molecular weight excluding hydrogens is 542 g/mol. The van der Waals surface area contributed by atoms with Crippen molar-refractivity contribution in [2.75, 3.05) is 0 Å². The number of hydrogen-bond donors (Lipinski definition) is 0. The van der Waals surface area contributed by atoms with Crippen molar-refractivity contribution in [2.24, 2.45) is 4.99 Å². The van der Waals surface area contributed by atoms with Crippen LogP contribution in [0.1, 0.15) is 34.7 Å². The Kier molecular flexibility index (Phi) is 5.55. The van der Waals surface area contributed by atoms with E-state index in [4.69, 9.17) is 4.99 Å². The van der Waals surface area contributed by atoms with E-state index in [0.29, 0.717) is 14.9 Å². The van der Waals surface area contributed by atoms with E-state index in [-0.39, 0.29) is 16.2 Å². The van der Waals surface area contributed by atoms with Crippen LogP contribution in [-0.2, 0) is 6.42 Å². The van der Waals surface area contributed by atoms with Crippen LogP contribution < -0.4 is 14.9 Å². The number of rotatable bonds is 3. The maximum atomic E-state index is 14.3.